The van der Waals surface area contributed by atoms with Crippen LogP contribution in [-0.2, 0) is 4.79 Å². The molecule has 1 aromatic carbocycles. The van der Waals surface area contributed by atoms with E-state index in [1.807, 2.05) is 26.0 Å². The van der Waals surface area contributed by atoms with E-state index in [2.05, 4.69) is 11.4 Å². The minimum absolute atomic E-state index is 0.0508. The molecule has 4 heteroatoms. The van der Waals surface area contributed by atoms with Crippen molar-refractivity contribution in [2.75, 3.05) is 13.3 Å². The first-order chi connectivity index (χ1) is 9.16. The molecule has 3 rings (SSSR count). The summed E-state index contributed by atoms with van der Waals surface area (Å²) in [6.07, 6.45) is 1.11. The Morgan fingerprint density at radius 3 is 3.05 bits per heavy atom. The van der Waals surface area contributed by atoms with E-state index in [1.54, 1.807) is 0 Å². The van der Waals surface area contributed by atoms with E-state index in [9.17, 15) is 4.79 Å². The van der Waals surface area contributed by atoms with Gasteiger partial charge in [0.25, 0.3) is 0 Å². The molecule has 1 heterocycles. The van der Waals surface area contributed by atoms with Crippen LogP contribution >= 0.6 is 0 Å². The summed E-state index contributed by atoms with van der Waals surface area (Å²) in [5, 5.41) is 3.00. The summed E-state index contributed by atoms with van der Waals surface area (Å²) >= 11 is 0. The lowest BCUT2D eigenvalue weighted by atomic mass is 10.1. The van der Waals surface area contributed by atoms with E-state index in [1.165, 1.54) is 5.56 Å². The average molecular weight is 261 g/mol. The number of ether oxygens (including phenoxy) is 2. The molecular weight excluding hydrogens is 242 g/mol. The van der Waals surface area contributed by atoms with E-state index in [0.717, 1.165) is 24.5 Å². The van der Waals surface area contributed by atoms with Gasteiger partial charge in [-0.2, -0.15) is 0 Å². The number of fused-ring (bicyclic) bond motifs is 1. The first-order valence-corrected chi connectivity index (χ1v) is 6.83. The summed E-state index contributed by atoms with van der Waals surface area (Å²) in [6.45, 7) is 4.89. The second-order valence-electron chi connectivity index (χ2n) is 5.58. The quantitative estimate of drug-likeness (QED) is 0.904. The van der Waals surface area contributed by atoms with E-state index in [-0.39, 0.29) is 11.8 Å². The highest BCUT2D eigenvalue weighted by atomic mass is 16.7. The van der Waals surface area contributed by atoms with Gasteiger partial charge in [0.2, 0.25) is 12.7 Å². The second kappa shape index (κ2) is 4.76. The fourth-order valence-electron chi connectivity index (χ4n) is 2.53. The maximum atomic E-state index is 11.5. The zero-order valence-corrected chi connectivity index (χ0v) is 11.3. The minimum Gasteiger partial charge on any atom is -0.454 e. The van der Waals surface area contributed by atoms with Crippen molar-refractivity contribution in [3.63, 3.8) is 0 Å². The van der Waals surface area contributed by atoms with Crippen LogP contribution in [0.2, 0.25) is 0 Å². The normalized spacial score (nSPS) is 23.5. The molecule has 1 amide bonds. The van der Waals surface area contributed by atoms with Gasteiger partial charge in [0.15, 0.2) is 11.5 Å². The van der Waals surface area contributed by atoms with Crippen LogP contribution in [0.4, 0.5) is 0 Å². The highest BCUT2D eigenvalue weighted by molar-refractivity contribution is 5.77. The molecule has 102 valence electrons. The molecule has 4 nitrogen and oxygen atoms in total. The number of amides is 1. The van der Waals surface area contributed by atoms with Gasteiger partial charge in [-0.05, 0) is 24.3 Å². The van der Waals surface area contributed by atoms with Crippen LogP contribution in [0.15, 0.2) is 18.2 Å². The Kier molecular flexibility index (Phi) is 3.09. The van der Waals surface area contributed by atoms with Crippen LogP contribution in [-0.4, -0.2) is 19.2 Å². The smallest absolute Gasteiger partial charge is 0.231 e. The Bertz CT molecular complexity index is 498. The fourth-order valence-corrected chi connectivity index (χ4v) is 2.53. The Hall–Kier alpha value is -1.71. The predicted octanol–water partition coefficient (Wildman–Crippen LogP) is 2.29. The molecule has 2 aliphatic rings. The zero-order valence-electron chi connectivity index (χ0n) is 11.3. The van der Waals surface area contributed by atoms with Gasteiger partial charge in [0, 0.05) is 18.0 Å². The summed E-state index contributed by atoms with van der Waals surface area (Å²) in [4.78, 5) is 11.5. The molecule has 1 aliphatic carbocycles. The summed E-state index contributed by atoms with van der Waals surface area (Å²) in [5.41, 5.74) is 1.22. The predicted molar refractivity (Wildman–Crippen MR) is 71.3 cm³/mol. The summed E-state index contributed by atoms with van der Waals surface area (Å²) in [6, 6.07) is 6.04. The Balaban J connectivity index is 1.61. The van der Waals surface area contributed by atoms with Crippen LogP contribution in [0, 0.1) is 11.8 Å². The lowest BCUT2D eigenvalue weighted by Gasteiger charge is -2.08. The average Bonchev–Trinajstić information content (AvgIpc) is 3.00. The van der Waals surface area contributed by atoms with E-state index in [4.69, 9.17) is 9.47 Å². The Morgan fingerprint density at radius 1 is 1.42 bits per heavy atom. The Morgan fingerprint density at radius 2 is 2.26 bits per heavy atom. The molecule has 1 fully saturated rings. The topological polar surface area (TPSA) is 47.6 Å². The lowest BCUT2D eigenvalue weighted by molar-refractivity contribution is -0.124. The minimum atomic E-state index is 0.0508. The van der Waals surface area contributed by atoms with Crippen molar-refractivity contribution in [1.82, 2.24) is 5.32 Å². The highest BCUT2D eigenvalue weighted by Gasteiger charge is 2.41. The third kappa shape index (κ3) is 2.39. The monoisotopic (exact) mass is 261 g/mol. The molecular formula is C15H19NO3. The van der Waals surface area contributed by atoms with Gasteiger partial charge in [0.05, 0.1) is 0 Å². The standard InChI is InChI=1S/C15H19NO3/c1-9(2)15(17)16-7-10-6-12(10)11-4-3-5-13-14(11)19-8-18-13/h3-5,9-10,12H,6-8H2,1-2H3,(H,16,17). The van der Waals surface area contributed by atoms with Crippen LogP contribution < -0.4 is 14.8 Å². The lowest BCUT2D eigenvalue weighted by Crippen LogP contribution is -2.29. The second-order valence-corrected chi connectivity index (χ2v) is 5.58. The van der Waals surface area contributed by atoms with E-state index < -0.39 is 0 Å². The Labute approximate surface area is 113 Å². The number of carbonyl (C=O) groups excluding carboxylic acids is 1. The summed E-state index contributed by atoms with van der Waals surface area (Å²) < 4.78 is 10.9. The van der Waals surface area contributed by atoms with Crippen LogP contribution in [0.5, 0.6) is 11.5 Å². The highest BCUT2D eigenvalue weighted by Crippen LogP contribution is 2.52. The molecule has 0 aromatic heterocycles. The summed E-state index contributed by atoms with van der Waals surface area (Å²) in [7, 11) is 0. The third-order valence-corrected chi connectivity index (χ3v) is 3.81. The molecule has 1 N–H and O–H groups in total. The van der Waals surface area contributed by atoms with E-state index >= 15 is 0 Å². The van der Waals surface area contributed by atoms with Gasteiger partial charge in [-0.25, -0.2) is 0 Å². The zero-order chi connectivity index (χ0) is 13.4. The van der Waals surface area contributed by atoms with Crippen molar-refractivity contribution in [2.24, 2.45) is 11.8 Å². The first kappa shape index (κ1) is 12.3. The summed E-state index contributed by atoms with van der Waals surface area (Å²) in [5.74, 6) is 2.93. The number of carbonyl (C=O) groups is 1. The molecule has 1 saturated carbocycles. The molecule has 19 heavy (non-hydrogen) atoms. The SMILES string of the molecule is CC(C)C(=O)NCC1CC1c1cccc2c1OCO2. The molecule has 1 aliphatic heterocycles. The van der Waals surface area contributed by atoms with Crippen molar-refractivity contribution in [3.05, 3.63) is 23.8 Å². The van der Waals surface area contributed by atoms with Crippen LogP contribution in [0.3, 0.4) is 0 Å². The molecule has 0 radical (unpaired) electrons. The van der Waals surface area contributed by atoms with Gasteiger partial charge in [-0.3, -0.25) is 4.79 Å². The molecule has 2 unspecified atom stereocenters. The molecule has 1 aromatic rings. The van der Waals surface area contributed by atoms with Gasteiger partial charge < -0.3 is 14.8 Å². The number of nitrogens with one attached hydrogen (secondary N) is 1. The van der Waals surface area contributed by atoms with Crippen molar-refractivity contribution in [2.45, 2.75) is 26.2 Å². The maximum absolute atomic E-state index is 11.5. The number of hydrogen-bond donors (Lipinski definition) is 1. The van der Waals surface area contributed by atoms with Gasteiger partial charge in [0.1, 0.15) is 0 Å². The molecule has 0 spiro atoms. The van der Waals surface area contributed by atoms with Crippen molar-refractivity contribution >= 4 is 5.91 Å². The van der Waals surface area contributed by atoms with Crippen LogP contribution in [0.25, 0.3) is 0 Å². The molecule has 0 saturated heterocycles. The van der Waals surface area contributed by atoms with Gasteiger partial charge >= 0.3 is 0 Å². The molecule has 2 atom stereocenters. The fraction of sp³-hybridized carbons (Fsp3) is 0.533. The van der Waals surface area contributed by atoms with Gasteiger partial charge in [-0.15, -0.1) is 0 Å². The van der Waals surface area contributed by atoms with Crippen molar-refractivity contribution in [3.8, 4) is 11.5 Å². The van der Waals surface area contributed by atoms with Crippen molar-refractivity contribution in [1.29, 1.82) is 0 Å². The number of benzene rings is 1. The van der Waals surface area contributed by atoms with E-state index in [0.29, 0.717) is 18.6 Å². The maximum Gasteiger partial charge on any atom is 0.231 e. The van der Waals surface area contributed by atoms with Crippen LogP contribution in [0.1, 0.15) is 31.7 Å². The largest absolute Gasteiger partial charge is 0.454 e. The van der Waals surface area contributed by atoms with Crippen molar-refractivity contribution < 1.29 is 14.3 Å². The third-order valence-electron chi connectivity index (χ3n) is 3.81. The first-order valence-electron chi connectivity index (χ1n) is 6.83. The number of para-hydroxylation sites is 1. The van der Waals surface area contributed by atoms with Gasteiger partial charge in [-0.1, -0.05) is 26.0 Å². The molecule has 0 bridgehead atoms. The number of hydrogen-bond acceptors (Lipinski definition) is 3. The number of rotatable bonds is 4.